The van der Waals surface area contributed by atoms with Crippen molar-refractivity contribution in [3.63, 3.8) is 0 Å². The van der Waals surface area contributed by atoms with Gasteiger partial charge in [0.1, 0.15) is 0 Å². The van der Waals surface area contributed by atoms with E-state index in [1.165, 1.54) is 0 Å². The number of allylic oxidation sites excluding steroid dienone is 1. The molecule has 1 aromatic rings. The summed E-state index contributed by atoms with van der Waals surface area (Å²) >= 11 is 5.81. The van der Waals surface area contributed by atoms with E-state index in [0.29, 0.717) is 0 Å². The molecular formula is C14H16ClNO. The Morgan fingerprint density at radius 3 is 2.41 bits per heavy atom. The van der Waals surface area contributed by atoms with Crippen LogP contribution in [0.3, 0.4) is 0 Å². The van der Waals surface area contributed by atoms with E-state index < -0.39 is 0 Å². The first-order valence-electron chi connectivity index (χ1n) is 5.76. The van der Waals surface area contributed by atoms with Crippen LogP contribution < -0.4 is 0 Å². The standard InChI is InChI=1S/C14H16ClNO/c1-14(2)10-9-13(16(14)17)8-5-11-3-6-12(15)7-4-11/h3-8H,9-10H2,1-2H3/b8-5+. The van der Waals surface area contributed by atoms with Gasteiger partial charge in [0.15, 0.2) is 11.3 Å². The maximum Gasteiger partial charge on any atom is 0.187 e. The van der Waals surface area contributed by atoms with Crippen LogP contribution in [-0.2, 0) is 0 Å². The third-order valence-corrected chi connectivity index (χ3v) is 3.39. The molecule has 0 atom stereocenters. The third kappa shape index (κ3) is 2.70. The maximum absolute atomic E-state index is 11.9. The van der Waals surface area contributed by atoms with Crippen LogP contribution >= 0.6 is 11.6 Å². The van der Waals surface area contributed by atoms with Crippen LogP contribution in [0, 0.1) is 5.21 Å². The summed E-state index contributed by atoms with van der Waals surface area (Å²) in [6.45, 7) is 3.95. The summed E-state index contributed by atoms with van der Waals surface area (Å²) in [6.07, 6.45) is 5.63. The van der Waals surface area contributed by atoms with Crippen molar-refractivity contribution in [1.82, 2.24) is 0 Å². The predicted octanol–water partition coefficient (Wildman–Crippen LogP) is 3.88. The van der Waals surface area contributed by atoms with E-state index >= 15 is 0 Å². The normalized spacial score (nSPS) is 19.2. The summed E-state index contributed by atoms with van der Waals surface area (Å²) in [7, 11) is 0. The molecule has 3 heteroatoms. The topological polar surface area (TPSA) is 26.1 Å². The highest BCUT2D eigenvalue weighted by atomic mass is 35.5. The largest absolute Gasteiger partial charge is 0.623 e. The SMILES string of the molecule is CC1(C)CCC(/C=C/c2ccc(Cl)cc2)=[N+]1[O-]. The predicted molar refractivity (Wildman–Crippen MR) is 72.4 cm³/mol. The van der Waals surface area contributed by atoms with Crippen molar-refractivity contribution < 1.29 is 4.74 Å². The van der Waals surface area contributed by atoms with Gasteiger partial charge in [-0.15, -0.1) is 0 Å². The molecule has 0 aromatic heterocycles. The van der Waals surface area contributed by atoms with Crippen LogP contribution in [0.5, 0.6) is 0 Å². The molecule has 0 fully saturated rings. The lowest BCUT2D eigenvalue weighted by Gasteiger charge is -2.17. The highest BCUT2D eigenvalue weighted by molar-refractivity contribution is 6.30. The van der Waals surface area contributed by atoms with Gasteiger partial charge < -0.3 is 5.21 Å². The van der Waals surface area contributed by atoms with Gasteiger partial charge in [-0.05, 0) is 23.8 Å². The zero-order valence-electron chi connectivity index (χ0n) is 10.1. The molecule has 0 unspecified atom stereocenters. The molecule has 0 N–H and O–H groups in total. The van der Waals surface area contributed by atoms with Crippen molar-refractivity contribution in [2.75, 3.05) is 0 Å². The first-order chi connectivity index (χ1) is 7.99. The third-order valence-electron chi connectivity index (χ3n) is 3.14. The number of nitrogens with zero attached hydrogens (tertiary/aromatic N) is 1. The Morgan fingerprint density at radius 2 is 1.88 bits per heavy atom. The summed E-state index contributed by atoms with van der Waals surface area (Å²) < 4.78 is 1.12. The minimum absolute atomic E-state index is 0.264. The average Bonchev–Trinajstić information content (AvgIpc) is 2.55. The highest BCUT2D eigenvalue weighted by Crippen LogP contribution is 2.24. The Bertz CT molecular complexity index is 472. The number of hydrogen-bond donors (Lipinski definition) is 0. The van der Waals surface area contributed by atoms with Crippen LogP contribution in [0.4, 0.5) is 0 Å². The molecule has 0 saturated carbocycles. The molecule has 1 aliphatic rings. The highest BCUT2D eigenvalue weighted by Gasteiger charge is 2.35. The zero-order valence-corrected chi connectivity index (χ0v) is 10.9. The van der Waals surface area contributed by atoms with Crippen LogP contribution in [0.25, 0.3) is 6.08 Å². The van der Waals surface area contributed by atoms with Crippen LogP contribution in [0.2, 0.25) is 5.02 Å². The summed E-state index contributed by atoms with van der Waals surface area (Å²) in [6, 6.07) is 7.57. The molecule has 0 amide bonds. The number of hydrogen-bond acceptors (Lipinski definition) is 1. The van der Waals surface area contributed by atoms with Gasteiger partial charge >= 0.3 is 0 Å². The van der Waals surface area contributed by atoms with E-state index in [4.69, 9.17) is 11.6 Å². The molecule has 2 nitrogen and oxygen atoms in total. The molecule has 0 spiro atoms. The average molecular weight is 250 g/mol. The van der Waals surface area contributed by atoms with Crippen molar-refractivity contribution in [3.05, 3.63) is 46.1 Å². The van der Waals surface area contributed by atoms with E-state index in [1.807, 2.05) is 50.3 Å². The fourth-order valence-corrected chi connectivity index (χ4v) is 2.07. The van der Waals surface area contributed by atoms with E-state index in [0.717, 1.165) is 33.9 Å². The molecule has 0 saturated heterocycles. The number of rotatable bonds is 2. The van der Waals surface area contributed by atoms with Crippen LogP contribution in [-0.4, -0.2) is 16.0 Å². The molecule has 1 aromatic carbocycles. The lowest BCUT2D eigenvalue weighted by Crippen LogP contribution is -2.28. The first kappa shape index (κ1) is 12.2. The quantitative estimate of drug-likeness (QED) is 0.577. The maximum atomic E-state index is 11.9. The molecular weight excluding hydrogens is 234 g/mol. The molecule has 1 heterocycles. The lowest BCUT2D eigenvalue weighted by molar-refractivity contribution is -0.530. The zero-order chi connectivity index (χ0) is 12.5. The van der Waals surface area contributed by atoms with Gasteiger partial charge in [-0.3, -0.25) is 0 Å². The fourth-order valence-electron chi connectivity index (χ4n) is 1.94. The second-order valence-corrected chi connectivity index (χ2v) is 5.42. The summed E-state index contributed by atoms with van der Waals surface area (Å²) in [5.74, 6) is 0. The molecule has 90 valence electrons. The first-order valence-corrected chi connectivity index (χ1v) is 6.14. The smallest absolute Gasteiger partial charge is 0.187 e. The Morgan fingerprint density at radius 1 is 1.24 bits per heavy atom. The summed E-state index contributed by atoms with van der Waals surface area (Å²) in [4.78, 5) is 0. The monoisotopic (exact) mass is 249 g/mol. The molecule has 17 heavy (non-hydrogen) atoms. The van der Waals surface area contributed by atoms with E-state index in [9.17, 15) is 5.21 Å². The van der Waals surface area contributed by atoms with Gasteiger partial charge in [0.05, 0.1) is 0 Å². The van der Waals surface area contributed by atoms with Gasteiger partial charge in [0.25, 0.3) is 0 Å². The second kappa shape index (κ2) is 4.53. The Balaban J connectivity index is 2.17. The number of halogens is 1. The minimum atomic E-state index is -0.264. The van der Waals surface area contributed by atoms with Gasteiger partial charge in [-0.2, -0.15) is 0 Å². The van der Waals surface area contributed by atoms with Crippen molar-refractivity contribution in [3.8, 4) is 0 Å². The van der Waals surface area contributed by atoms with E-state index in [-0.39, 0.29) is 5.54 Å². The van der Waals surface area contributed by atoms with Gasteiger partial charge in [-0.1, -0.05) is 23.7 Å². The van der Waals surface area contributed by atoms with Crippen LogP contribution in [0.1, 0.15) is 32.3 Å². The van der Waals surface area contributed by atoms with E-state index in [2.05, 4.69) is 0 Å². The van der Waals surface area contributed by atoms with Crippen molar-refractivity contribution in [2.24, 2.45) is 0 Å². The second-order valence-electron chi connectivity index (χ2n) is 4.98. The Labute approximate surface area is 107 Å². The molecule has 0 radical (unpaired) electrons. The van der Waals surface area contributed by atoms with E-state index in [1.54, 1.807) is 0 Å². The lowest BCUT2D eigenvalue weighted by atomic mass is 10.0. The number of hydroxylamine groups is 1. The van der Waals surface area contributed by atoms with Gasteiger partial charge in [-0.25, -0.2) is 4.74 Å². The molecule has 2 rings (SSSR count). The molecule has 0 aliphatic carbocycles. The van der Waals surface area contributed by atoms with Crippen molar-refractivity contribution in [1.29, 1.82) is 0 Å². The fraction of sp³-hybridized carbons (Fsp3) is 0.357. The number of benzene rings is 1. The summed E-state index contributed by atoms with van der Waals surface area (Å²) in [5.41, 5.74) is 1.64. The summed E-state index contributed by atoms with van der Waals surface area (Å²) in [5, 5.41) is 12.6. The van der Waals surface area contributed by atoms with Gasteiger partial charge in [0.2, 0.25) is 0 Å². The molecule has 0 bridgehead atoms. The van der Waals surface area contributed by atoms with Crippen molar-refractivity contribution in [2.45, 2.75) is 32.2 Å². The van der Waals surface area contributed by atoms with Crippen LogP contribution in [0.15, 0.2) is 30.3 Å². The van der Waals surface area contributed by atoms with Crippen molar-refractivity contribution >= 4 is 23.4 Å². The Kier molecular flexibility index (Phi) is 3.25. The molecule has 1 aliphatic heterocycles. The Hall–Kier alpha value is -1.28. The minimum Gasteiger partial charge on any atom is -0.623 e. The van der Waals surface area contributed by atoms with Gasteiger partial charge in [0, 0.05) is 37.8 Å².